The molecule has 1 unspecified atom stereocenters. The first kappa shape index (κ1) is 19.0. The zero-order valence-corrected chi connectivity index (χ0v) is 13.9. The third-order valence-electron chi connectivity index (χ3n) is 3.33. The van der Waals surface area contributed by atoms with Crippen LogP contribution in [0.3, 0.4) is 0 Å². The summed E-state index contributed by atoms with van der Waals surface area (Å²) in [5.41, 5.74) is 0.845. The summed E-state index contributed by atoms with van der Waals surface area (Å²) < 4.78 is 9.34. The van der Waals surface area contributed by atoms with Gasteiger partial charge in [0.1, 0.15) is 11.9 Å². The van der Waals surface area contributed by atoms with E-state index in [0.717, 1.165) is 5.56 Å². The predicted molar refractivity (Wildman–Crippen MR) is 84.8 cm³/mol. The van der Waals surface area contributed by atoms with Crippen LogP contribution in [0.2, 0.25) is 0 Å². The quantitative estimate of drug-likeness (QED) is 0.532. The normalized spacial score (nSPS) is 11.4. The smallest absolute Gasteiger partial charge is 0.328 e. The maximum absolute atomic E-state index is 12.2. The van der Waals surface area contributed by atoms with Crippen LogP contribution >= 0.6 is 11.6 Å². The molecule has 1 aromatic carbocycles. The van der Waals surface area contributed by atoms with Crippen molar-refractivity contribution < 1.29 is 23.9 Å². The van der Waals surface area contributed by atoms with Crippen LogP contribution in [-0.4, -0.2) is 48.9 Å². The Balaban J connectivity index is 2.98. The zero-order chi connectivity index (χ0) is 17.2. The van der Waals surface area contributed by atoms with Crippen molar-refractivity contribution >= 4 is 29.4 Å². The van der Waals surface area contributed by atoms with Gasteiger partial charge in [0.05, 0.1) is 14.2 Å². The molecule has 0 radical (unpaired) electrons. The summed E-state index contributed by atoms with van der Waals surface area (Å²) in [7, 11) is 2.50. The second-order valence-corrected chi connectivity index (χ2v) is 5.06. The van der Waals surface area contributed by atoms with Gasteiger partial charge in [-0.3, -0.25) is 9.59 Å². The highest BCUT2D eigenvalue weighted by Crippen LogP contribution is 2.15. The number of hydrogen-bond donors (Lipinski definition) is 0. The average molecular weight is 342 g/mol. The van der Waals surface area contributed by atoms with Gasteiger partial charge in [0.25, 0.3) is 0 Å². The largest absolute Gasteiger partial charge is 0.469 e. The fourth-order valence-corrected chi connectivity index (χ4v) is 2.28. The molecule has 1 atom stereocenters. The van der Waals surface area contributed by atoms with Crippen molar-refractivity contribution in [2.45, 2.75) is 25.4 Å². The van der Waals surface area contributed by atoms with Crippen LogP contribution in [0.1, 0.15) is 18.4 Å². The van der Waals surface area contributed by atoms with E-state index < -0.39 is 23.9 Å². The number of alkyl halides is 1. The summed E-state index contributed by atoms with van der Waals surface area (Å²) in [6, 6.07) is 8.30. The third kappa shape index (κ3) is 5.90. The molecule has 0 aliphatic rings. The van der Waals surface area contributed by atoms with E-state index >= 15 is 0 Å². The molecule has 1 rings (SSSR count). The van der Waals surface area contributed by atoms with Gasteiger partial charge in [-0.05, 0) is 12.0 Å². The average Bonchev–Trinajstić information content (AvgIpc) is 2.60. The Bertz CT molecular complexity index is 535. The SMILES string of the molecule is COC(=O)CCC(C(=O)OC)N(Cc1ccccc1)C(=O)CCl. The van der Waals surface area contributed by atoms with Crippen LogP contribution < -0.4 is 0 Å². The lowest BCUT2D eigenvalue weighted by atomic mass is 10.1. The highest BCUT2D eigenvalue weighted by molar-refractivity contribution is 6.27. The Labute approximate surface area is 140 Å². The minimum Gasteiger partial charge on any atom is -0.469 e. The van der Waals surface area contributed by atoms with E-state index in [2.05, 4.69) is 4.74 Å². The molecule has 0 fully saturated rings. The Morgan fingerprint density at radius 3 is 2.30 bits per heavy atom. The minimum atomic E-state index is -0.898. The van der Waals surface area contributed by atoms with E-state index in [1.807, 2.05) is 30.3 Å². The number of nitrogens with zero attached hydrogens (tertiary/aromatic N) is 1. The summed E-state index contributed by atoms with van der Waals surface area (Å²) in [4.78, 5) is 36.9. The van der Waals surface area contributed by atoms with Gasteiger partial charge in [0, 0.05) is 13.0 Å². The van der Waals surface area contributed by atoms with Gasteiger partial charge in [-0.25, -0.2) is 4.79 Å². The summed E-state index contributed by atoms with van der Waals surface area (Å²) in [5.74, 6) is -1.73. The Morgan fingerprint density at radius 2 is 1.78 bits per heavy atom. The minimum absolute atomic E-state index is 0.00286. The molecule has 0 heterocycles. The molecule has 0 saturated carbocycles. The number of rotatable bonds is 8. The third-order valence-corrected chi connectivity index (χ3v) is 3.56. The van der Waals surface area contributed by atoms with E-state index in [0.29, 0.717) is 0 Å². The first-order valence-corrected chi connectivity index (χ1v) is 7.61. The topological polar surface area (TPSA) is 72.9 Å². The fraction of sp³-hybridized carbons (Fsp3) is 0.438. The van der Waals surface area contributed by atoms with Crippen molar-refractivity contribution in [2.75, 3.05) is 20.1 Å². The van der Waals surface area contributed by atoms with Crippen molar-refractivity contribution in [3.8, 4) is 0 Å². The van der Waals surface area contributed by atoms with Gasteiger partial charge in [-0.1, -0.05) is 30.3 Å². The van der Waals surface area contributed by atoms with Gasteiger partial charge in [0.15, 0.2) is 0 Å². The van der Waals surface area contributed by atoms with Crippen molar-refractivity contribution in [1.82, 2.24) is 4.90 Å². The lowest BCUT2D eigenvalue weighted by molar-refractivity contribution is -0.153. The van der Waals surface area contributed by atoms with Crippen LogP contribution in [0.4, 0.5) is 0 Å². The van der Waals surface area contributed by atoms with Gasteiger partial charge in [-0.2, -0.15) is 0 Å². The number of halogens is 1. The molecule has 23 heavy (non-hydrogen) atoms. The summed E-state index contributed by atoms with van der Waals surface area (Å²) in [5, 5.41) is 0. The van der Waals surface area contributed by atoms with Gasteiger partial charge >= 0.3 is 11.9 Å². The van der Waals surface area contributed by atoms with Crippen molar-refractivity contribution in [1.29, 1.82) is 0 Å². The van der Waals surface area contributed by atoms with Crippen molar-refractivity contribution in [3.63, 3.8) is 0 Å². The first-order chi connectivity index (χ1) is 11.0. The van der Waals surface area contributed by atoms with Gasteiger partial charge < -0.3 is 14.4 Å². The van der Waals surface area contributed by atoms with E-state index in [-0.39, 0.29) is 25.3 Å². The predicted octanol–water partition coefficient (Wildman–Crippen LogP) is 1.75. The number of methoxy groups -OCH3 is 2. The summed E-state index contributed by atoms with van der Waals surface area (Å²) in [6.07, 6.45) is 0.103. The lowest BCUT2D eigenvalue weighted by Crippen LogP contribution is -2.46. The monoisotopic (exact) mass is 341 g/mol. The molecular weight excluding hydrogens is 322 g/mol. The van der Waals surface area contributed by atoms with Crippen LogP contribution in [0.15, 0.2) is 30.3 Å². The number of amides is 1. The summed E-state index contributed by atoms with van der Waals surface area (Å²) >= 11 is 5.66. The molecule has 0 saturated heterocycles. The van der Waals surface area contributed by atoms with E-state index in [4.69, 9.17) is 16.3 Å². The van der Waals surface area contributed by atoms with Crippen LogP contribution in [0.5, 0.6) is 0 Å². The van der Waals surface area contributed by atoms with E-state index in [1.54, 1.807) is 0 Å². The molecule has 0 spiro atoms. The molecule has 0 bridgehead atoms. The zero-order valence-electron chi connectivity index (χ0n) is 13.2. The van der Waals surface area contributed by atoms with Crippen molar-refractivity contribution in [2.24, 2.45) is 0 Å². The van der Waals surface area contributed by atoms with E-state index in [9.17, 15) is 14.4 Å². The van der Waals surface area contributed by atoms with Crippen LogP contribution in [0.25, 0.3) is 0 Å². The van der Waals surface area contributed by atoms with Crippen LogP contribution in [0, 0.1) is 0 Å². The molecular formula is C16H20ClNO5. The second-order valence-electron chi connectivity index (χ2n) is 4.79. The molecule has 6 nitrogen and oxygen atoms in total. The van der Waals surface area contributed by atoms with Gasteiger partial charge in [0.2, 0.25) is 5.91 Å². The number of esters is 2. The maximum atomic E-state index is 12.2. The summed E-state index contributed by atoms with van der Waals surface area (Å²) in [6.45, 7) is 0.202. The molecule has 0 N–H and O–H groups in total. The Morgan fingerprint density at radius 1 is 1.13 bits per heavy atom. The molecule has 1 aromatic rings. The van der Waals surface area contributed by atoms with E-state index in [1.165, 1.54) is 19.1 Å². The molecule has 0 aliphatic heterocycles. The molecule has 7 heteroatoms. The van der Waals surface area contributed by atoms with Crippen molar-refractivity contribution in [3.05, 3.63) is 35.9 Å². The second kappa shape index (κ2) is 9.84. The Hall–Kier alpha value is -2.08. The number of carbonyl (C=O) groups excluding carboxylic acids is 3. The first-order valence-electron chi connectivity index (χ1n) is 7.07. The maximum Gasteiger partial charge on any atom is 0.328 e. The number of hydrogen-bond acceptors (Lipinski definition) is 5. The fourth-order valence-electron chi connectivity index (χ4n) is 2.12. The Kier molecular flexibility index (Phi) is 8.11. The molecule has 1 amide bonds. The molecule has 0 aliphatic carbocycles. The lowest BCUT2D eigenvalue weighted by Gasteiger charge is -2.29. The highest BCUT2D eigenvalue weighted by atomic mass is 35.5. The number of ether oxygens (including phenoxy) is 2. The molecule has 126 valence electrons. The highest BCUT2D eigenvalue weighted by Gasteiger charge is 2.30. The standard InChI is InChI=1S/C16H20ClNO5/c1-22-15(20)9-8-13(16(21)23-2)18(14(19)10-17)11-12-6-4-3-5-7-12/h3-7,13H,8-11H2,1-2H3. The number of carbonyl (C=O) groups is 3. The molecule has 0 aromatic heterocycles. The van der Waals surface area contributed by atoms with Gasteiger partial charge in [-0.15, -0.1) is 11.6 Å². The number of benzene rings is 1. The van der Waals surface area contributed by atoms with Crippen LogP contribution in [-0.2, 0) is 30.4 Å².